The van der Waals surface area contributed by atoms with E-state index in [0.717, 1.165) is 25.0 Å². The SMILES string of the molecule is CC1(C)OB(c2ccc(CCNCc3ccccc3)cc2)OC1(C)C.Cl. The number of hydrogen-bond donors (Lipinski definition) is 1. The zero-order chi connectivity index (χ0) is 17.9. The zero-order valence-electron chi connectivity index (χ0n) is 16.1. The summed E-state index contributed by atoms with van der Waals surface area (Å²) in [5.74, 6) is 0. The monoisotopic (exact) mass is 373 g/mol. The van der Waals surface area contributed by atoms with Crippen molar-refractivity contribution in [3.8, 4) is 0 Å². The molecule has 3 nitrogen and oxygen atoms in total. The maximum Gasteiger partial charge on any atom is 0.494 e. The lowest BCUT2D eigenvalue weighted by Gasteiger charge is -2.32. The summed E-state index contributed by atoms with van der Waals surface area (Å²) in [6, 6.07) is 19.1. The van der Waals surface area contributed by atoms with Gasteiger partial charge in [0.2, 0.25) is 0 Å². The summed E-state index contributed by atoms with van der Waals surface area (Å²) in [4.78, 5) is 0. The fraction of sp³-hybridized carbons (Fsp3) is 0.429. The van der Waals surface area contributed by atoms with Gasteiger partial charge in [0.15, 0.2) is 0 Å². The van der Waals surface area contributed by atoms with Gasteiger partial charge in [-0.1, -0.05) is 54.6 Å². The molecule has 2 aromatic carbocycles. The summed E-state index contributed by atoms with van der Waals surface area (Å²) in [5, 5.41) is 3.49. The lowest BCUT2D eigenvalue weighted by Crippen LogP contribution is -2.41. The van der Waals surface area contributed by atoms with Crippen LogP contribution in [0.3, 0.4) is 0 Å². The molecule has 2 aromatic rings. The molecule has 1 aliphatic rings. The maximum atomic E-state index is 6.10. The summed E-state index contributed by atoms with van der Waals surface area (Å²) in [5.41, 5.74) is 3.13. The molecule has 26 heavy (non-hydrogen) atoms. The van der Waals surface area contributed by atoms with Gasteiger partial charge in [-0.25, -0.2) is 0 Å². The summed E-state index contributed by atoms with van der Waals surface area (Å²) in [6.45, 7) is 10.2. The van der Waals surface area contributed by atoms with Crippen LogP contribution in [0.15, 0.2) is 54.6 Å². The van der Waals surface area contributed by atoms with Crippen LogP contribution in [-0.2, 0) is 22.3 Å². The number of nitrogens with one attached hydrogen (secondary N) is 1. The van der Waals surface area contributed by atoms with Crippen molar-refractivity contribution in [3.63, 3.8) is 0 Å². The van der Waals surface area contributed by atoms with Crippen molar-refractivity contribution < 1.29 is 9.31 Å². The molecule has 0 bridgehead atoms. The van der Waals surface area contributed by atoms with Gasteiger partial charge < -0.3 is 14.6 Å². The van der Waals surface area contributed by atoms with E-state index in [-0.39, 0.29) is 30.7 Å². The number of benzene rings is 2. The molecule has 0 amide bonds. The molecular weight excluding hydrogens is 345 g/mol. The fourth-order valence-corrected chi connectivity index (χ4v) is 2.88. The quantitative estimate of drug-likeness (QED) is 0.618. The zero-order valence-corrected chi connectivity index (χ0v) is 16.9. The van der Waals surface area contributed by atoms with E-state index in [1.165, 1.54) is 11.1 Å². The summed E-state index contributed by atoms with van der Waals surface area (Å²) in [7, 11) is -0.282. The Balaban J connectivity index is 0.00000243. The Morgan fingerprint density at radius 1 is 0.808 bits per heavy atom. The molecule has 1 heterocycles. The maximum absolute atomic E-state index is 6.10. The molecule has 0 radical (unpaired) electrons. The predicted molar refractivity (Wildman–Crippen MR) is 111 cm³/mol. The third kappa shape index (κ3) is 4.89. The highest BCUT2D eigenvalue weighted by molar-refractivity contribution is 6.62. The minimum atomic E-state index is -0.294. The second-order valence-electron chi connectivity index (χ2n) is 7.74. The predicted octanol–water partition coefficient (Wildman–Crippen LogP) is 3.74. The molecular formula is C21H29BClNO2. The van der Waals surface area contributed by atoms with Gasteiger partial charge in [0.05, 0.1) is 11.2 Å². The van der Waals surface area contributed by atoms with Gasteiger partial charge in [0, 0.05) is 6.54 Å². The van der Waals surface area contributed by atoms with E-state index in [9.17, 15) is 0 Å². The Labute approximate surface area is 164 Å². The average molecular weight is 374 g/mol. The van der Waals surface area contributed by atoms with Gasteiger partial charge in [-0.15, -0.1) is 12.4 Å². The normalized spacial score (nSPS) is 17.8. The Morgan fingerprint density at radius 2 is 1.38 bits per heavy atom. The highest BCUT2D eigenvalue weighted by atomic mass is 35.5. The lowest BCUT2D eigenvalue weighted by molar-refractivity contribution is 0.00578. The Morgan fingerprint density at radius 3 is 1.96 bits per heavy atom. The molecule has 0 aliphatic carbocycles. The van der Waals surface area contributed by atoms with Crippen molar-refractivity contribution >= 4 is 25.0 Å². The number of rotatable bonds is 6. The van der Waals surface area contributed by atoms with Gasteiger partial charge in [-0.05, 0) is 57.3 Å². The van der Waals surface area contributed by atoms with Crippen LogP contribution >= 0.6 is 12.4 Å². The van der Waals surface area contributed by atoms with Crippen molar-refractivity contribution in [2.45, 2.75) is 51.9 Å². The van der Waals surface area contributed by atoms with Crippen molar-refractivity contribution in [2.24, 2.45) is 0 Å². The molecule has 140 valence electrons. The smallest absolute Gasteiger partial charge is 0.399 e. The van der Waals surface area contributed by atoms with Crippen LogP contribution in [0, 0.1) is 0 Å². The van der Waals surface area contributed by atoms with Crippen LogP contribution in [0.25, 0.3) is 0 Å². The van der Waals surface area contributed by atoms with Crippen LogP contribution in [0.2, 0.25) is 0 Å². The standard InChI is InChI=1S/C21H28BNO2.ClH/c1-20(2)21(3,4)25-22(24-20)19-12-10-17(11-13-19)14-15-23-16-18-8-6-5-7-9-18;/h5-13,23H,14-16H2,1-4H3;1H. The topological polar surface area (TPSA) is 30.5 Å². The van der Waals surface area contributed by atoms with Gasteiger partial charge in [0.1, 0.15) is 0 Å². The second kappa shape index (κ2) is 8.58. The highest BCUT2D eigenvalue weighted by Gasteiger charge is 2.51. The van der Waals surface area contributed by atoms with Crippen LogP contribution in [-0.4, -0.2) is 24.9 Å². The van der Waals surface area contributed by atoms with Gasteiger partial charge in [-0.3, -0.25) is 0 Å². The molecule has 0 aromatic heterocycles. The first-order chi connectivity index (χ1) is 11.9. The van der Waals surface area contributed by atoms with E-state index >= 15 is 0 Å². The molecule has 3 rings (SSSR count). The largest absolute Gasteiger partial charge is 0.494 e. The third-order valence-electron chi connectivity index (χ3n) is 5.27. The van der Waals surface area contributed by atoms with Crippen LogP contribution in [0.4, 0.5) is 0 Å². The van der Waals surface area contributed by atoms with Crippen LogP contribution < -0.4 is 10.8 Å². The van der Waals surface area contributed by atoms with Gasteiger partial charge in [0.25, 0.3) is 0 Å². The lowest BCUT2D eigenvalue weighted by atomic mass is 9.79. The van der Waals surface area contributed by atoms with Crippen molar-refractivity contribution in [1.29, 1.82) is 0 Å². The van der Waals surface area contributed by atoms with E-state index in [1.54, 1.807) is 0 Å². The first-order valence-corrected chi connectivity index (χ1v) is 9.06. The van der Waals surface area contributed by atoms with Crippen LogP contribution in [0.1, 0.15) is 38.8 Å². The second-order valence-corrected chi connectivity index (χ2v) is 7.74. The van der Waals surface area contributed by atoms with Crippen molar-refractivity contribution in [3.05, 3.63) is 65.7 Å². The average Bonchev–Trinajstić information content (AvgIpc) is 2.81. The Bertz CT molecular complexity index is 673. The minimum Gasteiger partial charge on any atom is -0.399 e. The summed E-state index contributed by atoms with van der Waals surface area (Å²) in [6.07, 6.45) is 1.01. The van der Waals surface area contributed by atoms with E-state index < -0.39 is 0 Å². The Hall–Kier alpha value is -1.33. The van der Waals surface area contributed by atoms with E-state index in [0.29, 0.717) is 0 Å². The van der Waals surface area contributed by atoms with E-state index in [4.69, 9.17) is 9.31 Å². The van der Waals surface area contributed by atoms with E-state index in [1.807, 2.05) is 6.07 Å². The first kappa shape index (κ1) is 21.0. The third-order valence-corrected chi connectivity index (χ3v) is 5.27. The molecule has 1 N–H and O–H groups in total. The summed E-state index contributed by atoms with van der Waals surface area (Å²) < 4.78 is 12.2. The fourth-order valence-electron chi connectivity index (χ4n) is 2.88. The molecule has 0 atom stereocenters. The molecule has 0 unspecified atom stereocenters. The first-order valence-electron chi connectivity index (χ1n) is 9.06. The number of hydrogen-bond acceptors (Lipinski definition) is 3. The van der Waals surface area contributed by atoms with Gasteiger partial charge >= 0.3 is 7.12 Å². The number of halogens is 1. The minimum absolute atomic E-state index is 0. The molecule has 1 aliphatic heterocycles. The van der Waals surface area contributed by atoms with E-state index in [2.05, 4.69) is 81.5 Å². The highest BCUT2D eigenvalue weighted by Crippen LogP contribution is 2.36. The molecule has 1 fully saturated rings. The molecule has 0 spiro atoms. The molecule has 0 saturated carbocycles. The van der Waals surface area contributed by atoms with Crippen molar-refractivity contribution in [2.75, 3.05) is 6.54 Å². The molecule has 5 heteroatoms. The van der Waals surface area contributed by atoms with Crippen LogP contribution in [0.5, 0.6) is 0 Å². The summed E-state index contributed by atoms with van der Waals surface area (Å²) >= 11 is 0. The Kier molecular flexibility index (Phi) is 6.92. The van der Waals surface area contributed by atoms with Gasteiger partial charge in [-0.2, -0.15) is 0 Å². The molecule has 1 saturated heterocycles. The van der Waals surface area contributed by atoms with Crippen molar-refractivity contribution in [1.82, 2.24) is 5.32 Å².